The summed E-state index contributed by atoms with van der Waals surface area (Å²) in [6, 6.07) is -0.619. The van der Waals surface area contributed by atoms with Gasteiger partial charge in [-0.05, 0) is 44.9 Å². The Balaban J connectivity index is 3.52. The Hall–Kier alpha value is -1.13. The molecule has 0 rings (SSSR count). The standard InChI is InChI=1S/C47H91NO3/c1-3-5-7-9-11-13-15-17-19-21-22-23-24-25-26-27-29-31-33-35-37-39-41-43-47(51)48-45(44-49)46(50)42-40-38-36-34-32-30-28-20-18-16-14-12-10-8-6-4-2/h17,19,40,42,45-46,49-50H,3-16,18,20-39,41,43-44H2,1-2H3,(H,48,51)/b19-17+,42-40+/t45-,46+/m0/s1. The molecule has 0 radical (unpaired) electrons. The summed E-state index contributed by atoms with van der Waals surface area (Å²) >= 11 is 0. The Morgan fingerprint density at radius 1 is 0.451 bits per heavy atom. The maximum Gasteiger partial charge on any atom is 0.220 e. The molecule has 4 heteroatoms. The van der Waals surface area contributed by atoms with E-state index in [0.29, 0.717) is 6.42 Å². The maximum atomic E-state index is 12.4. The van der Waals surface area contributed by atoms with Crippen molar-refractivity contribution in [3.63, 3.8) is 0 Å². The van der Waals surface area contributed by atoms with E-state index < -0.39 is 12.1 Å². The van der Waals surface area contributed by atoms with E-state index >= 15 is 0 Å². The van der Waals surface area contributed by atoms with Gasteiger partial charge >= 0.3 is 0 Å². The van der Waals surface area contributed by atoms with Crippen LogP contribution in [0.4, 0.5) is 0 Å². The summed E-state index contributed by atoms with van der Waals surface area (Å²) in [6.45, 7) is 4.32. The van der Waals surface area contributed by atoms with Crippen molar-refractivity contribution in [1.29, 1.82) is 0 Å². The zero-order chi connectivity index (χ0) is 37.1. The number of allylic oxidation sites excluding steroid dienone is 3. The summed E-state index contributed by atoms with van der Waals surface area (Å²) in [4.78, 5) is 12.4. The highest BCUT2D eigenvalue weighted by Gasteiger charge is 2.17. The van der Waals surface area contributed by atoms with Gasteiger partial charge in [-0.25, -0.2) is 0 Å². The van der Waals surface area contributed by atoms with Crippen LogP contribution in [0.5, 0.6) is 0 Å². The van der Waals surface area contributed by atoms with Crippen molar-refractivity contribution < 1.29 is 15.0 Å². The average molecular weight is 718 g/mol. The molecule has 0 aliphatic rings. The predicted octanol–water partition coefficient (Wildman–Crippen LogP) is 14.4. The van der Waals surface area contributed by atoms with Gasteiger partial charge in [0, 0.05) is 6.42 Å². The number of unbranched alkanes of at least 4 members (excludes halogenated alkanes) is 33. The van der Waals surface area contributed by atoms with Crippen molar-refractivity contribution in [2.45, 2.75) is 264 Å². The normalized spacial score (nSPS) is 13.1. The SMILES string of the molecule is CCCCCCCC/C=C/CCCCCCCCCCCCCCCC(=O)N[C@@H](CO)[C@H](O)/C=C/CCCCCCCCCCCCCCCC. The molecule has 0 saturated heterocycles. The lowest BCUT2D eigenvalue weighted by molar-refractivity contribution is -0.123. The van der Waals surface area contributed by atoms with Gasteiger partial charge in [0.1, 0.15) is 0 Å². The fourth-order valence-corrected chi connectivity index (χ4v) is 7.11. The molecule has 4 nitrogen and oxygen atoms in total. The van der Waals surface area contributed by atoms with Crippen LogP contribution in [0, 0.1) is 0 Å². The van der Waals surface area contributed by atoms with Crippen molar-refractivity contribution in [1.82, 2.24) is 5.32 Å². The first-order chi connectivity index (χ1) is 25.2. The van der Waals surface area contributed by atoms with E-state index in [9.17, 15) is 15.0 Å². The Bertz CT molecular complexity index is 735. The van der Waals surface area contributed by atoms with Gasteiger partial charge in [0.15, 0.2) is 0 Å². The number of rotatable bonds is 42. The van der Waals surface area contributed by atoms with E-state index in [1.165, 1.54) is 205 Å². The van der Waals surface area contributed by atoms with Gasteiger partial charge in [-0.15, -0.1) is 0 Å². The van der Waals surface area contributed by atoms with Gasteiger partial charge in [0.25, 0.3) is 0 Å². The molecule has 0 aromatic heterocycles. The summed E-state index contributed by atoms with van der Waals surface area (Å²) < 4.78 is 0. The Morgan fingerprint density at radius 2 is 0.745 bits per heavy atom. The Labute approximate surface area is 319 Å². The number of nitrogens with one attached hydrogen (secondary N) is 1. The van der Waals surface area contributed by atoms with E-state index in [1.54, 1.807) is 6.08 Å². The summed E-state index contributed by atoms with van der Waals surface area (Å²) in [5.41, 5.74) is 0. The largest absolute Gasteiger partial charge is 0.394 e. The molecule has 0 heterocycles. The smallest absolute Gasteiger partial charge is 0.220 e. The number of hydrogen-bond donors (Lipinski definition) is 3. The number of carbonyl (C=O) groups excluding carboxylic acids is 1. The van der Waals surface area contributed by atoms with Gasteiger partial charge in [0.05, 0.1) is 18.8 Å². The first-order valence-corrected chi connectivity index (χ1v) is 23.1. The molecule has 0 spiro atoms. The van der Waals surface area contributed by atoms with Crippen LogP contribution in [0.25, 0.3) is 0 Å². The summed E-state index contributed by atoms with van der Waals surface area (Å²) in [5, 5.41) is 23.0. The number of hydrogen-bond acceptors (Lipinski definition) is 3. The third kappa shape index (κ3) is 39.9. The molecule has 0 saturated carbocycles. The Morgan fingerprint density at radius 3 is 1.08 bits per heavy atom. The lowest BCUT2D eigenvalue weighted by atomic mass is 10.0. The predicted molar refractivity (Wildman–Crippen MR) is 225 cm³/mol. The molecule has 51 heavy (non-hydrogen) atoms. The molecular formula is C47H91NO3. The van der Waals surface area contributed by atoms with Gasteiger partial charge < -0.3 is 15.5 Å². The molecule has 0 aliphatic carbocycles. The number of aliphatic hydroxyl groups is 2. The molecule has 0 aliphatic heterocycles. The fraction of sp³-hybridized carbons (Fsp3) is 0.894. The van der Waals surface area contributed by atoms with E-state index in [1.807, 2.05) is 6.08 Å². The summed E-state index contributed by atoms with van der Waals surface area (Å²) in [6.07, 6.45) is 55.8. The summed E-state index contributed by atoms with van der Waals surface area (Å²) in [7, 11) is 0. The van der Waals surface area contributed by atoms with Gasteiger partial charge in [0.2, 0.25) is 5.91 Å². The first-order valence-electron chi connectivity index (χ1n) is 23.1. The molecular weight excluding hydrogens is 627 g/mol. The van der Waals surface area contributed by atoms with Crippen molar-refractivity contribution in [3.8, 4) is 0 Å². The second-order valence-electron chi connectivity index (χ2n) is 15.8. The minimum atomic E-state index is -0.836. The topological polar surface area (TPSA) is 69.6 Å². The monoisotopic (exact) mass is 718 g/mol. The van der Waals surface area contributed by atoms with Crippen LogP contribution in [-0.2, 0) is 4.79 Å². The molecule has 302 valence electrons. The Kier molecular flexibility index (Phi) is 42.3. The van der Waals surface area contributed by atoms with Crippen LogP contribution in [0.2, 0.25) is 0 Å². The van der Waals surface area contributed by atoms with E-state index in [0.717, 1.165) is 25.7 Å². The quantitative estimate of drug-likeness (QED) is 0.0435. The molecule has 0 aromatic rings. The van der Waals surface area contributed by atoms with Gasteiger partial charge in [-0.3, -0.25) is 4.79 Å². The molecule has 2 atom stereocenters. The van der Waals surface area contributed by atoms with Crippen LogP contribution < -0.4 is 5.32 Å². The van der Waals surface area contributed by atoms with Crippen LogP contribution in [0.15, 0.2) is 24.3 Å². The van der Waals surface area contributed by atoms with E-state index in [-0.39, 0.29) is 12.5 Å². The third-order valence-electron chi connectivity index (χ3n) is 10.7. The number of amides is 1. The van der Waals surface area contributed by atoms with Crippen molar-refractivity contribution in [2.75, 3.05) is 6.61 Å². The highest BCUT2D eigenvalue weighted by molar-refractivity contribution is 5.76. The summed E-state index contributed by atoms with van der Waals surface area (Å²) in [5.74, 6) is -0.0616. The van der Waals surface area contributed by atoms with Gasteiger partial charge in [-0.1, -0.05) is 224 Å². The molecule has 0 unspecified atom stereocenters. The number of aliphatic hydroxyl groups excluding tert-OH is 2. The molecule has 0 aromatic carbocycles. The lowest BCUT2D eigenvalue weighted by Gasteiger charge is -2.20. The average Bonchev–Trinajstić information content (AvgIpc) is 3.13. The molecule has 1 amide bonds. The lowest BCUT2D eigenvalue weighted by Crippen LogP contribution is -2.45. The van der Waals surface area contributed by atoms with Gasteiger partial charge in [-0.2, -0.15) is 0 Å². The van der Waals surface area contributed by atoms with Crippen molar-refractivity contribution >= 4 is 5.91 Å². The fourth-order valence-electron chi connectivity index (χ4n) is 7.11. The second-order valence-corrected chi connectivity index (χ2v) is 15.8. The van der Waals surface area contributed by atoms with Crippen LogP contribution in [-0.4, -0.2) is 34.9 Å². The zero-order valence-electron chi connectivity index (χ0n) is 34.6. The maximum absolute atomic E-state index is 12.4. The van der Waals surface area contributed by atoms with Crippen molar-refractivity contribution in [3.05, 3.63) is 24.3 Å². The third-order valence-corrected chi connectivity index (χ3v) is 10.7. The second kappa shape index (κ2) is 43.3. The molecule has 0 bridgehead atoms. The van der Waals surface area contributed by atoms with E-state index in [4.69, 9.17) is 0 Å². The molecule has 0 fully saturated rings. The zero-order valence-corrected chi connectivity index (χ0v) is 34.6. The highest BCUT2D eigenvalue weighted by atomic mass is 16.3. The van der Waals surface area contributed by atoms with Crippen LogP contribution in [0.3, 0.4) is 0 Å². The minimum absolute atomic E-state index is 0.0616. The van der Waals surface area contributed by atoms with E-state index in [2.05, 4.69) is 31.3 Å². The number of carbonyl (C=O) groups is 1. The van der Waals surface area contributed by atoms with Crippen molar-refractivity contribution in [2.24, 2.45) is 0 Å². The molecule has 3 N–H and O–H groups in total. The highest BCUT2D eigenvalue weighted by Crippen LogP contribution is 2.16. The van der Waals surface area contributed by atoms with Crippen LogP contribution >= 0.6 is 0 Å². The minimum Gasteiger partial charge on any atom is -0.394 e. The van der Waals surface area contributed by atoms with Crippen LogP contribution in [0.1, 0.15) is 251 Å². The first kappa shape index (κ1) is 49.9.